The number of carbonyl (C=O) groups excluding carboxylic acids is 2. The third-order valence-electron chi connectivity index (χ3n) is 4.90. The van der Waals surface area contributed by atoms with E-state index in [0.29, 0.717) is 15.8 Å². The van der Waals surface area contributed by atoms with Crippen LogP contribution in [0.1, 0.15) is 31.1 Å². The number of hydrazine groups is 1. The molecule has 2 rings (SSSR count). The van der Waals surface area contributed by atoms with E-state index in [9.17, 15) is 9.59 Å². The largest absolute Gasteiger partial charge is 0.498 e. The number of allylic oxidation sites excluding steroid dienone is 2. The molecule has 0 radical (unpaired) electrons. The van der Waals surface area contributed by atoms with Crippen LogP contribution in [-0.2, 0) is 19.0 Å². The lowest BCUT2D eigenvalue weighted by Gasteiger charge is -2.41. The standard InChI is InChI=1S/C22H28Cl2N2O5/c1-21(2,3)26(20(28)14-10-15(23)12-16(24)11-14)25-19(27)17-8-7-9-18(30-5)22(17,31-6)13-29-4/h7-12,17H,13H2,1-6H3,(H,25,27). The van der Waals surface area contributed by atoms with Crippen molar-refractivity contribution in [3.05, 3.63) is 57.8 Å². The minimum Gasteiger partial charge on any atom is -0.498 e. The molecule has 1 aromatic rings. The van der Waals surface area contributed by atoms with Crippen LogP contribution in [0.2, 0.25) is 10.0 Å². The fourth-order valence-corrected chi connectivity index (χ4v) is 3.94. The number of ether oxygens (including phenoxy) is 3. The summed E-state index contributed by atoms with van der Waals surface area (Å²) < 4.78 is 16.5. The van der Waals surface area contributed by atoms with Crippen molar-refractivity contribution in [2.24, 2.45) is 5.92 Å². The van der Waals surface area contributed by atoms with Crippen LogP contribution in [0.15, 0.2) is 42.2 Å². The number of rotatable bonds is 6. The number of nitrogens with zero attached hydrogens (tertiary/aromatic N) is 1. The summed E-state index contributed by atoms with van der Waals surface area (Å²) in [5.74, 6) is -1.30. The van der Waals surface area contributed by atoms with Gasteiger partial charge in [-0.05, 0) is 45.0 Å². The van der Waals surface area contributed by atoms with Gasteiger partial charge in [0.1, 0.15) is 5.76 Å². The molecule has 2 atom stereocenters. The highest BCUT2D eigenvalue weighted by Crippen LogP contribution is 2.35. The molecule has 0 aromatic heterocycles. The first-order chi connectivity index (χ1) is 14.5. The normalized spacial score (nSPS) is 20.8. The molecule has 0 saturated heterocycles. The molecule has 2 unspecified atom stereocenters. The van der Waals surface area contributed by atoms with Crippen molar-refractivity contribution >= 4 is 35.0 Å². The highest BCUT2D eigenvalue weighted by atomic mass is 35.5. The van der Waals surface area contributed by atoms with Crippen LogP contribution < -0.4 is 5.43 Å². The lowest BCUT2D eigenvalue weighted by molar-refractivity contribution is -0.146. The van der Waals surface area contributed by atoms with Gasteiger partial charge >= 0.3 is 0 Å². The molecule has 1 aliphatic rings. The number of halogens is 2. The Kier molecular flexibility index (Phi) is 8.16. The number of nitrogens with one attached hydrogen (secondary N) is 1. The quantitative estimate of drug-likeness (QED) is 0.635. The van der Waals surface area contributed by atoms with Gasteiger partial charge in [0.05, 0.1) is 25.2 Å². The number of amides is 2. The molecule has 2 amide bonds. The molecule has 7 nitrogen and oxygen atoms in total. The molecule has 0 aliphatic heterocycles. The molecule has 0 fully saturated rings. The van der Waals surface area contributed by atoms with Crippen LogP contribution in [0.4, 0.5) is 0 Å². The number of methoxy groups -OCH3 is 3. The number of carbonyl (C=O) groups is 2. The zero-order valence-electron chi connectivity index (χ0n) is 18.5. The van der Waals surface area contributed by atoms with Crippen molar-refractivity contribution in [3.8, 4) is 0 Å². The summed E-state index contributed by atoms with van der Waals surface area (Å²) in [5, 5.41) is 1.89. The van der Waals surface area contributed by atoms with Gasteiger partial charge in [0.2, 0.25) is 5.91 Å². The van der Waals surface area contributed by atoms with Crippen LogP contribution in [0, 0.1) is 5.92 Å². The van der Waals surface area contributed by atoms with E-state index in [1.54, 1.807) is 39.0 Å². The molecule has 0 spiro atoms. The van der Waals surface area contributed by atoms with E-state index in [4.69, 9.17) is 37.4 Å². The summed E-state index contributed by atoms with van der Waals surface area (Å²) in [6.45, 7) is 5.47. The Morgan fingerprint density at radius 1 is 1.13 bits per heavy atom. The monoisotopic (exact) mass is 470 g/mol. The van der Waals surface area contributed by atoms with Crippen LogP contribution in [0.5, 0.6) is 0 Å². The fourth-order valence-electron chi connectivity index (χ4n) is 3.41. The fraction of sp³-hybridized carbons (Fsp3) is 0.455. The summed E-state index contributed by atoms with van der Waals surface area (Å²) in [5.41, 5.74) is 1.06. The predicted molar refractivity (Wildman–Crippen MR) is 120 cm³/mol. The van der Waals surface area contributed by atoms with Crippen molar-refractivity contribution in [1.82, 2.24) is 10.4 Å². The molecular weight excluding hydrogens is 443 g/mol. The third kappa shape index (κ3) is 5.41. The molecule has 31 heavy (non-hydrogen) atoms. The molecule has 0 bridgehead atoms. The summed E-state index contributed by atoms with van der Waals surface area (Å²) >= 11 is 12.1. The minimum atomic E-state index is -1.19. The maximum atomic E-state index is 13.4. The second-order valence-electron chi connectivity index (χ2n) is 8.07. The highest BCUT2D eigenvalue weighted by Gasteiger charge is 2.49. The molecule has 0 heterocycles. The zero-order valence-corrected chi connectivity index (χ0v) is 20.0. The SMILES string of the molecule is COCC1(OC)C(OC)=CC=CC1C(=O)NN(C(=O)c1cc(Cl)cc(Cl)c1)C(C)(C)C. The minimum absolute atomic E-state index is 0.0684. The van der Waals surface area contributed by atoms with Crippen LogP contribution in [-0.4, -0.2) is 55.9 Å². The van der Waals surface area contributed by atoms with E-state index in [1.165, 1.54) is 44.5 Å². The average molecular weight is 471 g/mol. The summed E-state index contributed by atoms with van der Waals surface area (Å²) in [6.07, 6.45) is 5.10. The number of benzene rings is 1. The lowest BCUT2D eigenvalue weighted by Crippen LogP contribution is -2.60. The lowest BCUT2D eigenvalue weighted by atomic mass is 9.81. The van der Waals surface area contributed by atoms with Gasteiger partial charge in [-0.15, -0.1) is 0 Å². The topological polar surface area (TPSA) is 77.1 Å². The Balaban J connectivity index is 2.41. The molecule has 1 aromatic carbocycles. The van der Waals surface area contributed by atoms with Crippen LogP contribution in [0.3, 0.4) is 0 Å². The molecule has 1 N–H and O–H groups in total. The van der Waals surface area contributed by atoms with Crippen molar-refractivity contribution in [2.75, 3.05) is 27.9 Å². The van der Waals surface area contributed by atoms with Gasteiger partial charge in [-0.3, -0.25) is 15.0 Å². The van der Waals surface area contributed by atoms with E-state index >= 15 is 0 Å². The number of hydrogen-bond acceptors (Lipinski definition) is 5. The molecular formula is C22H28Cl2N2O5. The van der Waals surface area contributed by atoms with Gasteiger partial charge in [-0.1, -0.05) is 35.4 Å². The molecule has 1 aliphatic carbocycles. The van der Waals surface area contributed by atoms with Crippen LogP contribution >= 0.6 is 23.2 Å². The number of hydrogen-bond donors (Lipinski definition) is 1. The van der Waals surface area contributed by atoms with Crippen molar-refractivity contribution in [2.45, 2.75) is 31.9 Å². The van der Waals surface area contributed by atoms with Gasteiger partial charge < -0.3 is 14.2 Å². The van der Waals surface area contributed by atoms with E-state index in [2.05, 4.69) is 5.43 Å². The molecule has 0 saturated carbocycles. The van der Waals surface area contributed by atoms with E-state index < -0.39 is 28.9 Å². The van der Waals surface area contributed by atoms with E-state index in [1.807, 2.05) is 0 Å². The van der Waals surface area contributed by atoms with Crippen molar-refractivity contribution in [3.63, 3.8) is 0 Å². The average Bonchev–Trinajstić information content (AvgIpc) is 2.69. The summed E-state index contributed by atoms with van der Waals surface area (Å²) in [7, 11) is 4.48. The van der Waals surface area contributed by atoms with Crippen molar-refractivity contribution in [1.29, 1.82) is 0 Å². The Labute approximate surface area is 192 Å². The first-order valence-electron chi connectivity index (χ1n) is 9.58. The second-order valence-corrected chi connectivity index (χ2v) is 8.94. The summed E-state index contributed by atoms with van der Waals surface area (Å²) in [4.78, 5) is 26.7. The first kappa shape index (κ1) is 25.2. The van der Waals surface area contributed by atoms with Gasteiger partial charge in [0.15, 0.2) is 5.60 Å². The Morgan fingerprint density at radius 2 is 1.74 bits per heavy atom. The Morgan fingerprint density at radius 3 is 2.23 bits per heavy atom. The van der Waals surface area contributed by atoms with Crippen molar-refractivity contribution < 1.29 is 23.8 Å². The van der Waals surface area contributed by atoms with Crippen LogP contribution in [0.25, 0.3) is 0 Å². The second kappa shape index (κ2) is 10.0. The zero-order chi connectivity index (χ0) is 23.4. The third-order valence-corrected chi connectivity index (χ3v) is 5.34. The van der Waals surface area contributed by atoms with Gasteiger partial charge in [-0.25, -0.2) is 5.01 Å². The van der Waals surface area contributed by atoms with Gasteiger partial charge in [-0.2, -0.15) is 0 Å². The smallest absolute Gasteiger partial charge is 0.272 e. The van der Waals surface area contributed by atoms with Gasteiger partial charge in [0.25, 0.3) is 5.91 Å². The maximum Gasteiger partial charge on any atom is 0.272 e. The van der Waals surface area contributed by atoms with Gasteiger partial charge in [0, 0.05) is 29.8 Å². The van der Waals surface area contributed by atoms with E-state index in [-0.39, 0.29) is 12.2 Å². The van der Waals surface area contributed by atoms with E-state index in [0.717, 1.165) is 0 Å². The highest BCUT2D eigenvalue weighted by molar-refractivity contribution is 6.35. The Bertz CT molecular complexity index is 874. The first-order valence-corrected chi connectivity index (χ1v) is 10.3. The Hall–Kier alpha value is -2.06. The maximum absolute atomic E-state index is 13.4. The predicted octanol–water partition coefficient (Wildman–Crippen LogP) is 4.01. The molecule has 170 valence electrons. The molecule has 9 heteroatoms. The summed E-state index contributed by atoms with van der Waals surface area (Å²) in [6, 6.07) is 4.53.